The molecule has 0 heterocycles. The summed E-state index contributed by atoms with van der Waals surface area (Å²) in [4.78, 5) is 11.8. The molecule has 0 saturated carbocycles. The summed E-state index contributed by atoms with van der Waals surface area (Å²) < 4.78 is 0. The summed E-state index contributed by atoms with van der Waals surface area (Å²) >= 11 is 0. The number of carbonyl (C=O) groups excluding carboxylic acids is 1. The van der Waals surface area contributed by atoms with Crippen LogP contribution in [-0.2, 0) is 4.79 Å². The second-order valence-electron chi connectivity index (χ2n) is 5.02. The summed E-state index contributed by atoms with van der Waals surface area (Å²) in [6.45, 7) is 1.00. The zero-order valence-electron chi connectivity index (χ0n) is 12.0. The Morgan fingerprint density at radius 1 is 1.00 bits per heavy atom. The Morgan fingerprint density at radius 3 is 2.05 bits per heavy atom. The molecule has 0 radical (unpaired) electrons. The van der Waals surface area contributed by atoms with Crippen molar-refractivity contribution >= 4 is 11.6 Å². The predicted molar refractivity (Wildman–Crippen MR) is 76.9 cm³/mol. The molecule has 1 rings (SSSR count). The number of amides is 1. The van der Waals surface area contributed by atoms with E-state index in [0.717, 1.165) is 5.56 Å². The summed E-state index contributed by atoms with van der Waals surface area (Å²) in [6, 6.07) is 6.64. The molecule has 0 unspecified atom stereocenters. The highest BCUT2D eigenvalue weighted by Gasteiger charge is 2.37. The molecule has 0 aliphatic carbocycles. The van der Waals surface area contributed by atoms with Crippen LogP contribution in [0.5, 0.6) is 0 Å². The van der Waals surface area contributed by atoms with Crippen LogP contribution in [0.15, 0.2) is 24.3 Å². The Balaban J connectivity index is 2.66. The zero-order valence-corrected chi connectivity index (χ0v) is 12.0. The molecule has 0 bridgehead atoms. The number of anilines is 1. The van der Waals surface area contributed by atoms with Gasteiger partial charge >= 0.3 is 0 Å². The highest BCUT2D eigenvalue weighted by atomic mass is 16.4. The number of hydrogen-bond acceptors (Lipinski definition) is 7. The summed E-state index contributed by atoms with van der Waals surface area (Å²) in [6.07, 6.45) is -9.71. The molecule has 0 aliphatic rings. The van der Waals surface area contributed by atoms with Crippen molar-refractivity contribution in [2.45, 2.75) is 37.4 Å². The molecular weight excluding hydrogens is 294 g/mol. The topological polar surface area (TPSA) is 150 Å². The van der Waals surface area contributed by atoms with Crippen LogP contribution in [-0.4, -0.2) is 73.7 Å². The van der Waals surface area contributed by atoms with Gasteiger partial charge in [-0.25, -0.2) is 0 Å². The van der Waals surface area contributed by atoms with Gasteiger partial charge in [0.2, 0.25) is 0 Å². The first-order valence-electron chi connectivity index (χ1n) is 6.66. The predicted octanol–water partition coefficient (Wildman–Crippen LogP) is -2.27. The fraction of sp³-hybridized carbons (Fsp3) is 0.500. The Kier molecular flexibility index (Phi) is 6.88. The van der Waals surface area contributed by atoms with E-state index in [1.54, 1.807) is 24.3 Å². The standard InChI is InChI=1S/C14H21NO7/c1-7-2-4-8(5-3-7)15-14(22)13(21)12(20)11(19)10(18)9(17)6-16/h2-5,9-13,16-21H,6H2,1H3,(H,15,22)/t9-,10-,11-,12-,13+/m1/s1. The lowest BCUT2D eigenvalue weighted by Crippen LogP contribution is -2.52. The molecule has 1 amide bonds. The van der Waals surface area contributed by atoms with Gasteiger partial charge in [0.05, 0.1) is 6.61 Å². The maximum absolute atomic E-state index is 11.8. The number of nitrogens with one attached hydrogen (secondary N) is 1. The zero-order chi connectivity index (χ0) is 16.9. The quantitative estimate of drug-likeness (QED) is 0.300. The summed E-state index contributed by atoms with van der Waals surface area (Å²) in [5.41, 5.74) is 1.35. The van der Waals surface area contributed by atoms with Gasteiger partial charge in [0, 0.05) is 5.69 Å². The Bertz CT molecular complexity index is 479. The summed E-state index contributed by atoms with van der Waals surface area (Å²) in [5, 5.41) is 58.6. The van der Waals surface area contributed by atoms with Crippen molar-refractivity contribution in [3.63, 3.8) is 0 Å². The van der Waals surface area contributed by atoms with E-state index in [4.69, 9.17) is 5.11 Å². The molecule has 8 nitrogen and oxygen atoms in total. The van der Waals surface area contributed by atoms with Crippen LogP contribution in [0.1, 0.15) is 5.56 Å². The van der Waals surface area contributed by atoms with E-state index < -0.39 is 43.0 Å². The van der Waals surface area contributed by atoms with Gasteiger partial charge < -0.3 is 36.0 Å². The number of aliphatic hydroxyl groups excluding tert-OH is 6. The van der Waals surface area contributed by atoms with Gasteiger partial charge in [-0.15, -0.1) is 0 Å². The largest absolute Gasteiger partial charge is 0.394 e. The Morgan fingerprint density at radius 2 is 1.55 bits per heavy atom. The number of benzene rings is 1. The lowest BCUT2D eigenvalue weighted by Gasteiger charge is -2.27. The highest BCUT2D eigenvalue weighted by Crippen LogP contribution is 2.12. The smallest absolute Gasteiger partial charge is 0.256 e. The van der Waals surface area contributed by atoms with Gasteiger partial charge in [0.15, 0.2) is 6.10 Å². The minimum Gasteiger partial charge on any atom is -0.394 e. The van der Waals surface area contributed by atoms with Gasteiger partial charge in [-0.3, -0.25) is 4.79 Å². The molecule has 8 heteroatoms. The second-order valence-corrected chi connectivity index (χ2v) is 5.02. The first-order chi connectivity index (χ1) is 10.3. The molecule has 0 saturated heterocycles. The molecule has 0 spiro atoms. The lowest BCUT2D eigenvalue weighted by molar-refractivity contribution is -0.153. The van der Waals surface area contributed by atoms with E-state index in [1.807, 2.05) is 6.92 Å². The molecule has 124 valence electrons. The summed E-state index contributed by atoms with van der Waals surface area (Å²) in [5.74, 6) is -0.985. The van der Waals surface area contributed by atoms with Crippen LogP contribution >= 0.6 is 0 Å². The van der Waals surface area contributed by atoms with Gasteiger partial charge in [0.25, 0.3) is 5.91 Å². The van der Waals surface area contributed by atoms with Crippen molar-refractivity contribution < 1.29 is 35.4 Å². The van der Waals surface area contributed by atoms with E-state index in [2.05, 4.69) is 5.32 Å². The third kappa shape index (κ3) is 4.73. The SMILES string of the molecule is Cc1ccc(NC(=O)[C@@H](O)[C@H](O)[C@H](O)[C@H](O)[C@H](O)CO)cc1. The molecule has 0 fully saturated rings. The second kappa shape index (κ2) is 8.18. The van der Waals surface area contributed by atoms with Gasteiger partial charge in [-0.2, -0.15) is 0 Å². The summed E-state index contributed by atoms with van der Waals surface area (Å²) in [7, 11) is 0. The van der Waals surface area contributed by atoms with Crippen molar-refractivity contribution in [3.05, 3.63) is 29.8 Å². The van der Waals surface area contributed by atoms with E-state index in [0.29, 0.717) is 5.69 Å². The van der Waals surface area contributed by atoms with Crippen LogP contribution in [0.2, 0.25) is 0 Å². The maximum Gasteiger partial charge on any atom is 0.256 e. The molecule has 0 aliphatic heterocycles. The van der Waals surface area contributed by atoms with Crippen molar-refractivity contribution in [2.75, 3.05) is 11.9 Å². The maximum atomic E-state index is 11.8. The van der Waals surface area contributed by atoms with Gasteiger partial charge in [0.1, 0.15) is 24.4 Å². The van der Waals surface area contributed by atoms with Crippen LogP contribution < -0.4 is 5.32 Å². The molecular formula is C14H21NO7. The Labute approximate surface area is 127 Å². The Hall–Kier alpha value is -1.55. The average Bonchev–Trinajstić information content (AvgIpc) is 2.53. The number of aryl methyl sites for hydroxylation is 1. The van der Waals surface area contributed by atoms with E-state index in [9.17, 15) is 30.3 Å². The number of aliphatic hydroxyl groups is 6. The first-order valence-corrected chi connectivity index (χ1v) is 6.66. The highest BCUT2D eigenvalue weighted by molar-refractivity contribution is 5.94. The van der Waals surface area contributed by atoms with Gasteiger partial charge in [-0.05, 0) is 19.1 Å². The molecule has 0 aromatic heterocycles. The third-order valence-electron chi connectivity index (χ3n) is 3.19. The van der Waals surface area contributed by atoms with Crippen molar-refractivity contribution in [1.82, 2.24) is 0 Å². The number of hydrogen-bond donors (Lipinski definition) is 7. The minimum atomic E-state index is -2.04. The first kappa shape index (κ1) is 18.5. The van der Waals surface area contributed by atoms with Crippen LogP contribution in [0.25, 0.3) is 0 Å². The van der Waals surface area contributed by atoms with Crippen LogP contribution in [0.3, 0.4) is 0 Å². The van der Waals surface area contributed by atoms with Crippen molar-refractivity contribution in [1.29, 1.82) is 0 Å². The average molecular weight is 315 g/mol. The molecule has 5 atom stereocenters. The lowest BCUT2D eigenvalue weighted by atomic mass is 9.99. The van der Waals surface area contributed by atoms with Crippen molar-refractivity contribution in [2.24, 2.45) is 0 Å². The molecule has 1 aromatic carbocycles. The van der Waals surface area contributed by atoms with E-state index >= 15 is 0 Å². The fourth-order valence-electron chi connectivity index (χ4n) is 1.73. The van der Waals surface area contributed by atoms with Crippen molar-refractivity contribution in [3.8, 4) is 0 Å². The monoisotopic (exact) mass is 315 g/mol. The van der Waals surface area contributed by atoms with Gasteiger partial charge in [-0.1, -0.05) is 17.7 Å². The van der Waals surface area contributed by atoms with Crippen LogP contribution in [0, 0.1) is 6.92 Å². The number of carbonyl (C=O) groups is 1. The normalized spacial score (nSPS) is 18.1. The molecule has 7 N–H and O–H groups in total. The van der Waals surface area contributed by atoms with E-state index in [1.165, 1.54) is 0 Å². The minimum absolute atomic E-state index is 0.382. The molecule has 1 aromatic rings. The van der Waals surface area contributed by atoms with E-state index in [-0.39, 0.29) is 0 Å². The molecule has 22 heavy (non-hydrogen) atoms. The third-order valence-corrected chi connectivity index (χ3v) is 3.19. The number of rotatable bonds is 7. The fourth-order valence-corrected chi connectivity index (χ4v) is 1.73. The van der Waals surface area contributed by atoms with Crippen LogP contribution in [0.4, 0.5) is 5.69 Å².